The molecule has 0 unspecified atom stereocenters. The number of terminal acetylenes is 1. The van der Waals surface area contributed by atoms with Crippen LogP contribution in [0.2, 0.25) is 0 Å². The second-order valence-corrected chi connectivity index (χ2v) is 4.71. The van der Waals surface area contributed by atoms with E-state index in [0.717, 1.165) is 17.9 Å². The van der Waals surface area contributed by atoms with E-state index in [-0.39, 0.29) is 0 Å². The minimum atomic E-state index is 0.787. The summed E-state index contributed by atoms with van der Waals surface area (Å²) in [6.07, 6.45) is 13.5. The highest BCUT2D eigenvalue weighted by Gasteiger charge is 1.98. The highest BCUT2D eigenvalue weighted by atomic mass is 16.5. The van der Waals surface area contributed by atoms with E-state index in [1.807, 2.05) is 25.1 Å². The lowest BCUT2D eigenvalue weighted by atomic mass is 10.0. The van der Waals surface area contributed by atoms with Gasteiger partial charge < -0.3 is 4.74 Å². The first-order valence-corrected chi connectivity index (χ1v) is 7.49. The Hall–Kier alpha value is -2.79. The zero-order chi connectivity index (χ0) is 16.9. The van der Waals surface area contributed by atoms with Crippen LogP contribution in [0.25, 0.3) is 5.57 Å². The van der Waals surface area contributed by atoms with Crippen molar-refractivity contribution < 1.29 is 4.74 Å². The highest BCUT2D eigenvalue weighted by Crippen LogP contribution is 2.17. The molecule has 118 valence electrons. The third kappa shape index (κ3) is 6.67. The molecule has 0 radical (unpaired) electrons. The maximum Gasteiger partial charge on any atom is 0.137 e. The summed E-state index contributed by atoms with van der Waals surface area (Å²) in [5.41, 5.74) is 3.47. The molecule has 0 aliphatic carbocycles. The molecule has 0 spiro atoms. The predicted molar refractivity (Wildman–Crippen MR) is 98.2 cm³/mol. The summed E-state index contributed by atoms with van der Waals surface area (Å²) in [7, 11) is 1.65. The molecule has 2 aromatic rings. The molecule has 0 saturated carbocycles. The minimum absolute atomic E-state index is 0.787. The number of pyridine rings is 1. The number of nitrogens with zero attached hydrogens (tertiary/aromatic N) is 1. The molecule has 0 aliphatic heterocycles. The fraction of sp³-hybridized carbons (Fsp3) is 0.190. The van der Waals surface area contributed by atoms with Crippen LogP contribution in [0.3, 0.4) is 0 Å². The number of rotatable bonds is 5. The molecule has 2 heteroatoms. The van der Waals surface area contributed by atoms with Gasteiger partial charge in [0.05, 0.1) is 13.3 Å². The van der Waals surface area contributed by atoms with Crippen molar-refractivity contribution >= 4 is 5.57 Å². The van der Waals surface area contributed by atoms with Gasteiger partial charge in [-0.3, -0.25) is 4.98 Å². The molecule has 0 atom stereocenters. The van der Waals surface area contributed by atoms with Gasteiger partial charge in [-0.05, 0) is 37.1 Å². The number of hydrogen-bond acceptors (Lipinski definition) is 2. The molecule has 0 aliphatic rings. The molecule has 2 nitrogen and oxygen atoms in total. The number of benzene rings is 1. The van der Waals surface area contributed by atoms with Crippen LogP contribution >= 0.6 is 0 Å². The number of methoxy groups -OCH3 is 1. The van der Waals surface area contributed by atoms with Crippen molar-refractivity contribution in [2.75, 3.05) is 7.11 Å². The zero-order valence-electron chi connectivity index (χ0n) is 14.0. The summed E-state index contributed by atoms with van der Waals surface area (Å²) >= 11 is 0. The average molecular weight is 305 g/mol. The summed E-state index contributed by atoms with van der Waals surface area (Å²) in [6, 6.07) is 14.3. The van der Waals surface area contributed by atoms with Crippen LogP contribution in [-0.4, -0.2) is 12.1 Å². The van der Waals surface area contributed by atoms with Crippen molar-refractivity contribution in [2.24, 2.45) is 0 Å². The smallest absolute Gasteiger partial charge is 0.137 e. The molecule has 23 heavy (non-hydrogen) atoms. The van der Waals surface area contributed by atoms with Gasteiger partial charge in [0.25, 0.3) is 0 Å². The van der Waals surface area contributed by atoms with E-state index >= 15 is 0 Å². The molecular formula is C21H23NO. The molecule has 0 amide bonds. The van der Waals surface area contributed by atoms with Crippen LogP contribution in [0, 0.1) is 12.3 Å². The summed E-state index contributed by atoms with van der Waals surface area (Å²) in [4.78, 5) is 4.38. The lowest BCUT2D eigenvalue weighted by Gasteiger charge is -2.04. The van der Waals surface area contributed by atoms with Crippen LogP contribution in [0.5, 0.6) is 5.75 Å². The van der Waals surface area contributed by atoms with E-state index in [4.69, 9.17) is 4.74 Å². The monoisotopic (exact) mass is 305 g/mol. The van der Waals surface area contributed by atoms with E-state index in [1.54, 1.807) is 20.2 Å². The predicted octanol–water partition coefficient (Wildman–Crippen LogP) is 4.93. The highest BCUT2D eigenvalue weighted by molar-refractivity contribution is 5.73. The maximum atomic E-state index is 5.11. The van der Waals surface area contributed by atoms with Crippen molar-refractivity contribution in [3.63, 3.8) is 0 Å². The van der Waals surface area contributed by atoms with Crippen molar-refractivity contribution in [1.29, 1.82) is 0 Å². The average Bonchev–Trinajstić information content (AvgIpc) is 2.60. The van der Waals surface area contributed by atoms with Gasteiger partial charge in [0, 0.05) is 12.1 Å². The van der Waals surface area contributed by atoms with E-state index in [2.05, 4.69) is 59.8 Å². The number of aromatic nitrogens is 1. The fourth-order valence-electron chi connectivity index (χ4n) is 1.96. The van der Waals surface area contributed by atoms with Crippen molar-refractivity contribution in [1.82, 2.24) is 4.98 Å². The molecule has 1 aromatic carbocycles. The Labute approximate surface area is 139 Å². The zero-order valence-corrected chi connectivity index (χ0v) is 14.0. The summed E-state index contributed by atoms with van der Waals surface area (Å²) in [5.74, 6) is 3.04. The lowest BCUT2D eigenvalue weighted by molar-refractivity contribution is 0.412. The summed E-state index contributed by atoms with van der Waals surface area (Å²) in [6.45, 7) is 3.68. The summed E-state index contributed by atoms with van der Waals surface area (Å²) < 4.78 is 5.11. The van der Waals surface area contributed by atoms with Gasteiger partial charge in [-0.2, -0.15) is 0 Å². The topological polar surface area (TPSA) is 22.1 Å². The van der Waals surface area contributed by atoms with Gasteiger partial charge in [-0.1, -0.05) is 48.6 Å². The van der Waals surface area contributed by atoms with Crippen molar-refractivity contribution in [2.45, 2.75) is 20.3 Å². The minimum Gasteiger partial charge on any atom is -0.495 e. The molecule has 2 rings (SSSR count). The van der Waals surface area contributed by atoms with Crippen LogP contribution in [-0.2, 0) is 6.42 Å². The molecule has 1 aromatic heterocycles. The van der Waals surface area contributed by atoms with E-state index in [1.165, 1.54) is 11.1 Å². The second kappa shape index (κ2) is 10.9. The normalized spacial score (nSPS) is 10.6. The Balaban J connectivity index is 0.000000816. The van der Waals surface area contributed by atoms with Crippen molar-refractivity contribution in [3.8, 4) is 18.1 Å². The quantitative estimate of drug-likeness (QED) is 0.577. The van der Waals surface area contributed by atoms with Gasteiger partial charge in [0.2, 0.25) is 0 Å². The van der Waals surface area contributed by atoms with E-state index < -0.39 is 0 Å². The standard InChI is InChI=1S/C18H19NO.C3H4/c1-3-7-15(16-8-5-4-6-9-16)10-11-17-12-13-18(20-2)14-19-17;1-3-2/h3-10,12-14H,11H2,1-2H3;1H,2H3/b7-3-,15-10+;. The van der Waals surface area contributed by atoms with E-state index in [0.29, 0.717) is 0 Å². The molecule has 1 heterocycles. The fourth-order valence-corrected chi connectivity index (χ4v) is 1.96. The van der Waals surface area contributed by atoms with Gasteiger partial charge in [0.15, 0.2) is 0 Å². The molecule has 0 bridgehead atoms. The maximum absolute atomic E-state index is 5.11. The Kier molecular flexibility index (Phi) is 8.63. The largest absolute Gasteiger partial charge is 0.495 e. The third-order valence-corrected chi connectivity index (χ3v) is 3.02. The SMILES string of the molecule is C#CC.C/C=C\C(=C/Cc1ccc(OC)cn1)c1ccccc1. The van der Waals surface area contributed by atoms with Gasteiger partial charge >= 0.3 is 0 Å². The third-order valence-electron chi connectivity index (χ3n) is 3.02. The van der Waals surface area contributed by atoms with E-state index in [9.17, 15) is 0 Å². The van der Waals surface area contributed by atoms with Crippen LogP contribution in [0.1, 0.15) is 25.1 Å². The first-order chi connectivity index (χ1) is 11.2. The van der Waals surface area contributed by atoms with Gasteiger partial charge in [-0.15, -0.1) is 12.3 Å². The van der Waals surface area contributed by atoms with Crippen LogP contribution < -0.4 is 4.74 Å². The lowest BCUT2D eigenvalue weighted by Crippen LogP contribution is -1.90. The Morgan fingerprint density at radius 3 is 2.43 bits per heavy atom. The molecule has 0 fully saturated rings. The molecule has 0 saturated heterocycles. The Morgan fingerprint density at radius 1 is 1.22 bits per heavy atom. The number of allylic oxidation sites excluding steroid dienone is 4. The first kappa shape index (κ1) is 18.3. The van der Waals surface area contributed by atoms with Gasteiger partial charge in [0.1, 0.15) is 5.75 Å². The van der Waals surface area contributed by atoms with Gasteiger partial charge in [-0.25, -0.2) is 0 Å². The molecule has 0 N–H and O–H groups in total. The second-order valence-electron chi connectivity index (χ2n) is 4.71. The van der Waals surface area contributed by atoms with Crippen LogP contribution in [0.15, 0.2) is 66.9 Å². The first-order valence-electron chi connectivity index (χ1n) is 7.49. The molecular weight excluding hydrogens is 282 g/mol. The number of ether oxygens (including phenoxy) is 1. The Morgan fingerprint density at radius 2 is 1.91 bits per heavy atom. The number of hydrogen-bond donors (Lipinski definition) is 0. The summed E-state index contributed by atoms with van der Waals surface area (Å²) in [5, 5.41) is 0. The Bertz CT molecular complexity index is 661. The van der Waals surface area contributed by atoms with Crippen LogP contribution in [0.4, 0.5) is 0 Å². The van der Waals surface area contributed by atoms with Crippen molar-refractivity contribution in [3.05, 3.63) is 78.1 Å².